The Morgan fingerprint density at radius 1 is 1.27 bits per heavy atom. The van der Waals surface area contributed by atoms with Crippen molar-refractivity contribution in [2.75, 3.05) is 0 Å². The highest BCUT2D eigenvalue weighted by Crippen LogP contribution is 2.40. The summed E-state index contributed by atoms with van der Waals surface area (Å²) >= 11 is 0. The van der Waals surface area contributed by atoms with Gasteiger partial charge in [0, 0.05) is 0 Å². The third kappa shape index (κ3) is 2.06. The Balaban J connectivity index is 2.24. The molecule has 0 bridgehead atoms. The molecule has 1 nitrogen and oxygen atoms in total. The fourth-order valence-electron chi connectivity index (χ4n) is 2.24. The Labute approximate surface area is 92.9 Å². The molecule has 1 saturated heterocycles. The molecule has 0 saturated carbocycles. The highest BCUT2D eigenvalue weighted by molar-refractivity contribution is 6.79. The molecule has 2 heteroatoms. The van der Waals surface area contributed by atoms with Gasteiger partial charge in [0.05, 0.1) is 6.10 Å². The van der Waals surface area contributed by atoms with Crippen molar-refractivity contribution in [2.45, 2.75) is 32.5 Å². The van der Waals surface area contributed by atoms with Crippen LogP contribution in [0.3, 0.4) is 0 Å². The summed E-state index contributed by atoms with van der Waals surface area (Å²) in [4.78, 5) is 0. The van der Waals surface area contributed by atoms with Crippen molar-refractivity contribution < 1.29 is 4.43 Å². The lowest BCUT2D eigenvalue weighted by Gasteiger charge is -2.18. The fourth-order valence-corrected chi connectivity index (χ4v) is 4.69. The van der Waals surface area contributed by atoms with Crippen LogP contribution < -0.4 is 0 Å². The second-order valence-electron chi connectivity index (χ2n) is 4.55. The van der Waals surface area contributed by atoms with E-state index in [0.717, 1.165) is 6.42 Å². The van der Waals surface area contributed by atoms with Crippen LogP contribution in [0.2, 0.25) is 13.1 Å². The molecule has 0 N–H and O–H groups in total. The Morgan fingerprint density at radius 3 is 2.47 bits per heavy atom. The van der Waals surface area contributed by atoms with E-state index in [1.54, 1.807) is 0 Å². The van der Waals surface area contributed by atoms with E-state index in [1.807, 2.05) is 0 Å². The van der Waals surface area contributed by atoms with Gasteiger partial charge in [-0.15, -0.1) is 0 Å². The van der Waals surface area contributed by atoms with E-state index in [9.17, 15) is 0 Å². The van der Waals surface area contributed by atoms with E-state index in [0.29, 0.717) is 6.10 Å². The summed E-state index contributed by atoms with van der Waals surface area (Å²) in [6.07, 6.45) is 3.62. The van der Waals surface area contributed by atoms with Gasteiger partial charge in [-0.3, -0.25) is 0 Å². The van der Waals surface area contributed by atoms with Gasteiger partial charge in [-0.2, -0.15) is 0 Å². The largest absolute Gasteiger partial charge is 0.406 e. The summed E-state index contributed by atoms with van der Waals surface area (Å²) in [6, 6.07) is 10.5. The van der Waals surface area contributed by atoms with Crippen molar-refractivity contribution in [3.8, 4) is 0 Å². The van der Waals surface area contributed by atoms with Gasteiger partial charge in [0.15, 0.2) is 0 Å². The zero-order chi connectivity index (χ0) is 10.9. The molecule has 80 valence electrons. The summed E-state index contributed by atoms with van der Waals surface area (Å²) in [5.74, 6) is 0. The summed E-state index contributed by atoms with van der Waals surface area (Å²) < 4.78 is 6.21. The topological polar surface area (TPSA) is 9.23 Å². The molecule has 1 aliphatic rings. The van der Waals surface area contributed by atoms with E-state index in [-0.39, 0.29) is 0 Å². The van der Waals surface area contributed by atoms with E-state index in [2.05, 4.69) is 56.4 Å². The molecule has 1 aromatic rings. The minimum absolute atomic E-state index is 0.291. The molecule has 1 aromatic carbocycles. The van der Waals surface area contributed by atoms with Gasteiger partial charge in [-0.1, -0.05) is 41.6 Å². The minimum Gasteiger partial charge on any atom is -0.406 e. The Kier molecular flexibility index (Phi) is 2.80. The van der Waals surface area contributed by atoms with Crippen LogP contribution >= 0.6 is 0 Å². The van der Waals surface area contributed by atoms with Gasteiger partial charge in [0.1, 0.15) is 0 Å². The molecule has 0 amide bonds. The highest BCUT2D eigenvalue weighted by atomic mass is 28.4. The number of hydrogen-bond donors (Lipinski definition) is 0. The molecule has 15 heavy (non-hydrogen) atoms. The maximum absolute atomic E-state index is 6.21. The van der Waals surface area contributed by atoms with E-state index in [1.165, 1.54) is 10.8 Å². The SMILES string of the molecule is C/C=C1\CC(c2ccccc2)O[Si]1(C)C. The zero-order valence-electron chi connectivity index (χ0n) is 9.66. The van der Waals surface area contributed by atoms with E-state index < -0.39 is 8.32 Å². The van der Waals surface area contributed by atoms with Crippen LogP contribution in [-0.4, -0.2) is 8.32 Å². The third-order valence-corrected chi connectivity index (χ3v) is 6.05. The molecule has 0 radical (unpaired) electrons. The van der Waals surface area contributed by atoms with Gasteiger partial charge >= 0.3 is 0 Å². The molecule has 0 spiro atoms. The molecule has 0 aromatic heterocycles. The second kappa shape index (κ2) is 3.95. The number of allylic oxidation sites excluding steroid dienone is 1. The van der Waals surface area contributed by atoms with Gasteiger partial charge in [-0.05, 0) is 32.0 Å². The van der Waals surface area contributed by atoms with Crippen molar-refractivity contribution in [2.24, 2.45) is 0 Å². The average Bonchev–Trinajstić information content (AvgIpc) is 2.55. The quantitative estimate of drug-likeness (QED) is 0.651. The Hall–Kier alpha value is -0.863. The summed E-state index contributed by atoms with van der Waals surface area (Å²) in [5, 5.41) is 1.54. The monoisotopic (exact) mass is 218 g/mol. The van der Waals surface area contributed by atoms with E-state index in [4.69, 9.17) is 4.43 Å². The molecule has 1 aliphatic heterocycles. The second-order valence-corrected chi connectivity index (χ2v) is 8.44. The predicted molar refractivity (Wildman–Crippen MR) is 66.1 cm³/mol. The smallest absolute Gasteiger partial charge is 0.214 e. The van der Waals surface area contributed by atoms with Gasteiger partial charge in [0.25, 0.3) is 0 Å². The molecule has 0 aliphatic carbocycles. The lowest BCUT2D eigenvalue weighted by Crippen LogP contribution is -2.27. The first kappa shape index (κ1) is 10.6. The van der Waals surface area contributed by atoms with Gasteiger partial charge < -0.3 is 4.43 Å². The normalized spacial score (nSPS) is 27.1. The maximum Gasteiger partial charge on any atom is 0.214 e. The van der Waals surface area contributed by atoms with Gasteiger partial charge in [-0.25, -0.2) is 0 Å². The van der Waals surface area contributed by atoms with Crippen molar-refractivity contribution in [3.05, 3.63) is 47.2 Å². The number of rotatable bonds is 1. The van der Waals surface area contributed by atoms with Gasteiger partial charge in [0.2, 0.25) is 8.32 Å². The zero-order valence-corrected chi connectivity index (χ0v) is 10.7. The first-order valence-electron chi connectivity index (χ1n) is 5.52. The maximum atomic E-state index is 6.21. The van der Waals surface area contributed by atoms with Crippen molar-refractivity contribution in [1.29, 1.82) is 0 Å². The molecule has 1 heterocycles. The summed E-state index contributed by atoms with van der Waals surface area (Å²) in [6.45, 7) is 6.69. The standard InChI is InChI=1S/C13H18OSi/c1-4-12-10-13(14-15(12,2)3)11-8-6-5-7-9-11/h4-9,13H,10H2,1-3H3/b12-4+. The van der Waals surface area contributed by atoms with Crippen LogP contribution in [0.25, 0.3) is 0 Å². The Morgan fingerprint density at radius 2 is 1.93 bits per heavy atom. The average molecular weight is 218 g/mol. The molecular formula is C13H18OSi. The Bertz CT molecular complexity index is 367. The van der Waals surface area contributed by atoms with Crippen molar-refractivity contribution in [1.82, 2.24) is 0 Å². The van der Waals surface area contributed by atoms with Crippen LogP contribution in [-0.2, 0) is 4.43 Å². The molecule has 2 rings (SSSR count). The number of benzene rings is 1. The first-order valence-corrected chi connectivity index (χ1v) is 8.43. The number of hydrogen-bond acceptors (Lipinski definition) is 1. The molecule has 1 fully saturated rings. The molecule has 1 atom stereocenters. The highest BCUT2D eigenvalue weighted by Gasteiger charge is 2.38. The van der Waals surface area contributed by atoms with Crippen molar-refractivity contribution >= 4 is 8.32 Å². The fraction of sp³-hybridized carbons (Fsp3) is 0.385. The van der Waals surface area contributed by atoms with Crippen molar-refractivity contribution in [3.63, 3.8) is 0 Å². The van der Waals surface area contributed by atoms with E-state index >= 15 is 0 Å². The predicted octanol–water partition coefficient (Wildman–Crippen LogP) is 3.84. The van der Waals surface area contributed by atoms with Crippen LogP contribution in [0.4, 0.5) is 0 Å². The third-order valence-electron chi connectivity index (χ3n) is 3.14. The van der Waals surface area contributed by atoms with Crippen LogP contribution in [0.5, 0.6) is 0 Å². The summed E-state index contributed by atoms with van der Waals surface area (Å²) in [7, 11) is -1.55. The summed E-state index contributed by atoms with van der Waals surface area (Å²) in [5.41, 5.74) is 1.31. The minimum atomic E-state index is -1.55. The molecular weight excluding hydrogens is 200 g/mol. The lowest BCUT2D eigenvalue weighted by molar-refractivity contribution is 0.230. The molecule has 1 unspecified atom stereocenters. The van der Waals surface area contributed by atoms with Crippen LogP contribution in [0.1, 0.15) is 25.0 Å². The lowest BCUT2D eigenvalue weighted by atomic mass is 10.1. The van der Waals surface area contributed by atoms with Crippen LogP contribution in [0, 0.1) is 0 Å². The first-order chi connectivity index (χ1) is 7.13. The van der Waals surface area contributed by atoms with Crippen LogP contribution in [0.15, 0.2) is 41.6 Å².